The fourth-order valence-electron chi connectivity index (χ4n) is 3.49. The van der Waals surface area contributed by atoms with Crippen LogP contribution in [0.1, 0.15) is 16.0 Å². The molecule has 0 saturated carbocycles. The zero-order chi connectivity index (χ0) is 19.3. The van der Waals surface area contributed by atoms with Gasteiger partial charge in [0.25, 0.3) is 0 Å². The van der Waals surface area contributed by atoms with Gasteiger partial charge in [0.1, 0.15) is 17.0 Å². The van der Waals surface area contributed by atoms with Gasteiger partial charge in [0.15, 0.2) is 11.5 Å². The number of thiophene rings is 1. The van der Waals surface area contributed by atoms with Crippen molar-refractivity contribution in [2.45, 2.75) is 20.8 Å². The third-order valence-electron chi connectivity index (χ3n) is 5.10. The number of hydrogen-bond acceptors (Lipinski definition) is 6. The van der Waals surface area contributed by atoms with Crippen molar-refractivity contribution < 1.29 is 9.47 Å². The Labute approximate surface area is 167 Å². The van der Waals surface area contributed by atoms with E-state index < -0.39 is 0 Å². The van der Waals surface area contributed by atoms with Gasteiger partial charge in [0.05, 0.1) is 5.39 Å². The van der Waals surface area contributed by atoms with Crippen molar-refractivity contribution in [2.24, 2.45) is 0 Å². The number of aromatic nitrogens is 2. The summed E-state index contributed by atoms with van der Waals surface area (Å²) >= 11 is 1.69. The van der Waals surface area contributed by atoms with Crippen molar-refractivity contribution in [3.05, 3.63) is 58.7 Å². The fourth-order valence-corrected chi connectivity index (χ4v) is 4.51. The Bertz CT molecular complexity index is 1220. The molecule has 0 aliphatic carbocycles. The summed E-state index contributed by atoms with van der Waals surface area (Å²) in [7, 11) is 0. The van der Waals surface area contributed by atoms with E-state index in [4.69, 9.17) is 9.47 Å². The van der Waals surface area contributed by atoms with Crippen LogP contribution < -0.4 is 14.8 Å². The zero-order valence-electron chi connectivity index (χ0n) is 15.9. The maximum atomic E-state index is 5.49. The monoisotopic (exact) mass is 389 g/mol. The summed E-state index contributed by atoms with van der Waals surface area (Å²) in [5, 5.41) is 4.49. The first kappa shape index (κ1) is 17.0. The Balaban J connectivity index is 1.64. The van der Waals surface area contributed by atoms with Crippen LogP contribution >= 0.6 is 11.3 Å². The largest absolute Gasteiger partial charge is 0.454 e. The van der Waals surface area contributed by atoms with Gasteiger partial charge in [0, 0.05) is 22.2 Å². The Morgan fingerprint density at radius 2 is 1.79 bits per heavy atom. The first-order chi connectivity index (χ1) is 13.6. The van der Waals surface area contributed by atoms with Crippen LogP contribution in [0, 0.1) is 20.8 Å². The molecule has 0 amide bonds. The topological polar surface area (TPSA) is 56.3 Å². The molecule has 3 heterocycles. The molecule has 1 N–H and O–H groups in total. The molecule has 0 unspecified atom stereocenters. The minimum Gasteiger partial charge on any atom is -0.454 e. The summed E-state index contributed by atoms with van der Waals surface area (Å²) in [6.45, 7) is 6.68. The van der Waals surface area contributed by atoms with Gasteiger partial charge >= 0.3 is 0 Å². The summed E-state index contributed by atoms with van der Waals surface area (Å²) in [4.78, 5) is 11.3. The third kappa shape index (κ3) is 2.77. The van der Waals surface area contributed by atoms with Crippen molar-refractivity contribution in [1.29, 1.82) is 0 Å². The lowest BCUT2D eigenvalue weighted by atomic mass is 9.99. The van der Waals surface area contributed by atoms with Gasteiger partial charge < -0.3 is 14.8 Å². The van der Waals surface area contributed by atoms with E-state index in [0.29, 0.717) is 0 Å². The number of nitrogens with zero attached hydrogens (tertiary/aromatic N) is 2. The number of aryl methyl sites for hydroxylation is 3. The highest BCUT2D eigenvalue weighted by Crippen LogP contribution is 2.42. The number of rotatable bonds is 3. The van der Waals surface area contributed by atoms with Crippen molar-refractivity contribution >= 4 is 33.1 Å². The molecular formula is C22H19N3O2S. The minimum atomic E-state index is 0.261. The average Bonchev–Trinajstić information content (AvgIpc) is 3.27. The second-order valence-electron chi connectivity index (χ2n) is 6.93. The lowest BCUT2D eigenvalue weighted by Crippen LogP contribution is -1.96. The number of benzene rings is 2. The smallest absolute Gasteiger partial charge is 0.231 e. The summed E-state index contributed by atoms with van der Waals surface area (Å²) in [5.74, 6) is 2.30. The van der Waals surface area contributed by atoms with Crippen molar-refractivity contribution in [3.63, 3.8) is 0 Å². The molecule has 0 bridgehead atoms. The molecule has 0 saturated heterocycles. The van der Waals surface area contributed by atoms with Crippen molar-refractivity contribution in [3.8, 4) is 22.6 Å². The molecule has 0 radical (unpaired) electrons. The van der Waals surface area contributed by atoms with Crippen LogP contribution in [0.5, 0.6) is 11.5 Å². The molecule has 2 aromatic carbocycles. The maximum absolute atomic E-state index is 5.49. The summed E-state index contributed by atoms with van der Waals surface area (Å²) in [6.07, 6.45) is 1.61. The van der Waals surface area contributed by atoms with E-state index in [1.165, 1.54) is 27.1 Å². The van der Waals surface area contributed by atoms with Crippen LogP contribution in [0.2, 0.25) is 0 Å². The molecular weight excluding hydrogens is 370 g/mol. The van der Waals surface area contributed by atoms with Gasteiger partial charge in [-0.2, -0.15) is 0 Å². The zero-order valence-corrected chi connectivity index (χ0v) is 16.7. The van der Waals surface area contributed by atoms with E-state index in [1.807, 2.05) is 18.2 Å². The predicted molar refractivity (Wildman–Crippen MR) is 113 cm³/mol. The molecule has 0 fully saturated rings. The summed E-state index contributed by atoms with van der Waals surface area (Å²) in [5.41, 5.74) is 5.84. The van der Waals surface area contributed by atoms with E-state index in [9.17, 15) is 0 Å². The van der Waals surface area contributed by atoms with E-state index >= 15 is 0 Å². The SMILES string of the molecule is Cc1ccc(-c2c(C)sc3ncnc(Nc4ccc5c(c4)OCO5)c23)cc1C. The van der Waals surface area contributed by atoms with Crippen LogP contribution in [-0.2, 0) is 0 Å². The second kappa shape index (κ2) is 6.49. The predicted octanol–water partition coefficient (Wildman–Crippen LogP) is 5.76. The number of fused-ring (bicyclic) bond motifs is 2. The summed E-state index contributed by atoms with van der Waals surface area (Å²) in [6, 6.07) is 12.4. The van der Waals surface area contributed by atoms with Gasteiger partial charge in [-0.15, -0.1) is 11.3 Å². The lowest BCUT2D eigenvalue weighted by molar-refractivity contribution is 0.174. The van der Waals surface area contributed by atoms with E-state index in [1.54, 1.807) is 17.7 Å². The molecule has 5 rings (SSSR count). The highest BCUT2D eigenvalue weighted by molar-refractivity contribution is 7.19. The molecule has 1 aliphatic heterocycles. The number of nitrogens with one attached hydrogen (secondary N) is 1. The highest BCUT2D eigenvalue weighted by atomic mass is 32.1. The molecule has 140 valence electrons. The van der Waals surface area contributed by atoms with E-state index in [0.717, 1.165) is 33.2 Å². The first-order valence-electron chi connectivity index (χ1n) is 9.08. The Morgan fingerprint density at radius 1 is 0.929 bits per heavy atom. The molecule has 0 spiro atoms. The molecule has 0 atom stereocenters. The van der Waals surface area contributed by atoms with Crippen molar-refractivity contribution in [2.75, 3.05) is 12.1 Å². The molecule has 4 aromatic rings. The molecule has 5 nitrogen and oxygen atoms in total. The van der Waals surface area contributed by atoms with Crippen LogP contribution in [-0.4, -0.2) is 16.8 Å². The van der Waals surface area contributed by atoms with Crippen LogP contribution in [0.25, 0.3) is 21.3 Å². The van der Waals surface area contributed by atoms with E-state index in [-0.39, 0.29) is 6.79 Å². The van der Waals surface area contributed by atoms with Crippen molar-refractivity contribution in [1.82, 2.24) is 9.97 Å². The quantitative estimate of drug-likeness (QED) is 0.483. The Morgan fingerprint density at radius 3 is 2.64 bits per heavy atom. The van der Waals surface area contributed by atoms with Crippen LogP contribution in [0.3, 0.4) is 0 Å². The van der Waals surface area contributed by atoms with Gasteiger partial charge in [0.2, 0.25) is 6.79 Å². The summed E-state index contributed by atoms with van der Waals surface area (Å²) < 4.78 is 10.9. The van der Waals surface area contributed by atoms with E-state index in [2.05, 4.69) is 54.3 Å². The number of anilines is 2. The number of hydrogen-bond donors (Lipinski definition) is 1. The fraction of sp³-hybridized carbons (Fsp3) is 0.182. The van der Waals surface area contributed by atoms with Crippen LogP contribution in [0.4, 0.5) is 11.5 Å². The van der Waals surface area contributed by atoms with Gasteiger partial charge in [-0.25, -0.2) is 9.97 Å². The molecule has 6 heteroatoms. The Hall–Kier alpha value is -3.12. The molecule has 2 aromatic heterocycles. The normalized spacial score (nSPS) is 12.5. The minimum absolute atomic E-state index is 0.261. The van der Waals surface area contributed by atoms with Gasteiger partial charge in [-0.05, 0) is 49.6 Å². The highest BCUT2D eigenvalue weighted by Gasteiger charge is 2.18. The lowest BCUT2D eigenvalue weighted by Gasteiger charge is -2.10. The van der Waals surface area contributed by atoms with Gasteiger partial charge in [-0.1, -0.05) is 18.2 Å². The van der Waals surface area contributed by atoms with Gasteiger partial charge in [-0.3, -0.25) is 0 Å². The Kier molecular flexibility index (Phi) is 3.94. The second-order valence-corrected chi connectivity index (χ2v) is 8.13. The number of ether oxygens (including phenoxy) is 2. The maximum Gasteiger partial charge on any atom is 0.231 e. The van der Waals surface area contributed by atoms with Crippen LogP contribution in [0.15, 0.2) is 42.7 Å². The first-order valence-corrected chi connectivity index (χ1v) is 9.90. The standard InChI is InChI=1S/C22H19N3O2S/c1-12-4-5-15(8-13(12)2)19-14(3)28-22-20(19)21(23-10-24-22)25-16-6-7-17-18(9-16)27-11-26-17/h4-10H,11H2,1-3H3,(H,23,24,25). The molecule has 28 heavy (non-hydrogen) atoms. The third-order valence-corrected chi connectivity index (χ3v) is 6.11. The molecule has 1 aliphatic rings. The average molecular weight is 389 g/mol.